The molecule has 0 fully saturated rings. The number of nitrogens with one attached hydrogen (secondary N) is 2. The molecule has 0 radical (unpaired) electrons. The SMILES string of the molecule is CCc1ccccc1NC(=O)[C@@H]1Sc2nnc(COc3ccccc3)n2N[C@H]1c1ccccc1. The number of hydrogen-bond acceptors (Lipinski definition) is 6. The lowest BCUT2D eigenvalue weighted by Crippen LogP contribution is -2.41. The molecule has 172 valence electrons. The number of carbonyl (C=O) groups is 1. The molecule has 0 saturated carbocycles. The van der Waals surface area contributed by atoms with E-state index < -0.39 is 5.25 Å². The highest BCUT2D eigenvalue weighted by Gasteiger charge is 2.38. The van der Waals surface area contributed by atoms with Crippen LogP contribution in [-0.2, 0) is 17.8 Å². The molecule has 2 N–H and O–H groups in total. The van der Waals surface area contributed by atoms with E-state index in [-0.39, 0.29) is 18.6 Å². The number of benzene rings is 3. The van der Waals surface area contributed by atoms with Crippen LogP contribution in [0.2, 0.25) is 0 Å². The van der Waals surface area contributed by atoms with E-state index in [0.29, 0.717) is 11.0 Å². The molecule has 1 aromatic heterocycles. The number of thioether (sulfide) groups is 1. The first-order chi connectivity index (χ1) is 16.7. The molecule has 0 saturated heterocycles. The van der Waals surface area contributed by atoms with Crippen molar-refractivity contribution in [2.45, 2.75) is 36.4 Å². The molecule has 1 aliphatic rings. The zero-order chi connectivity index (χ0) is 23.3. The Kier molecular flexibility index (Phi) is 6.49. The third kappa shape index (κ3) is 4.63. The molecule has 0 aliphatic carbocycles. The third-order valence-corrected chi connectivity index (χ3v) is 6.90. The Morgan fingerprint density at radius 1 is 1.00 bits per heavy atom. The summed E-state index contributed by atoms with van der Waals surface area (Å²) >= 11 is 1.40. The number of para-hydroxylation sites is 2. The van der Waals surface area contributed by atoms with Gasteiger partial charge in [0.1, 0.15) is 17.6 Å². The van der Waals surface area contributed by atoms with Gasteiger partial charge < -0.3 is 15.5 Å². The van der Waals surface area contributed by atoms with Gasteiger partial charge in [0.05, 0.1) is 6.04 Å². The number of aryl methyl sites for hydroxylation is 1. The first-order valence-electron chi connectivity index (χ1n) is 11.2. The second-order valence-electron chi connectivity index (χ2n) is 7.89. The number of aromatic nitrogens is 3. The highest BCUT2D eigenvalue weighted by molar-refractivity contribution is 8.00. The van der Waals surface area contributed by atoms with E-state index in [4.69, 9.17) is 4.74 Å². The van der Waals surface area contributed by atoms with E-state index in [1.54, 1.807) is 0 Å². The molecule has 2 atom stereocenters. The molecule has 7 nitrogen and oxygen atoms in total. The van der Waals surface area contributed by atoms with Gasteiger partial charge in [-0.2, -0.15) is 0 Å². The standard InChI is InChI=1S/C26H25N5O2S/c1-2-18-11-9-10-16-21(18)27-25(32)24-23(19-12-5-3-6-13-19)30-31-22(28-29-26(31)34-24)17-33-20-14-7-4-8-15-20/h3-16,23-24,30H,2,17H2,1H3,(H,27,32)/t23-,24+/m0/s1. The summed E-state index contributed by atoms with van der Waals surface area (Å²) in [4.78, 5) is 13.5. The normalized spacial score (nSPS) is 16.9. The molecule has 2 heterocycles. The van der Waals surface area contributed by atoms with Gasteiger partial charge in [-0.15, -0.1) is 10.2 Å². The van der Waals surface area contributed by atoms with E-state index in [0.717, 1.165) is 29.0 Å². The second kappa shape index (κ2) is 10.0. The predicted octanol–water partition coefficient (Wildman–Crippen LogP) is 4.82. The van der Waals surface area contributed by atoms with E-state index in [9.17, 15) is 4.79 Å². The Morgan fingerprint density at radius 2 is 1.71 bits per heavy atom. The van der Waals surface area contributed by atoms with Crippen LogP contribution in [0.1, 0.15) is 29.9 Å². The Balaban J connectivity index is 1.41. The maximum absolute atomic E-state index is 13.5. The van der Waals surface area contributed by atoms with Crippen LogP contribution in [0, 0.1) is 0 Å². The van der Waals surface area contributed by atoms with Gasteiger partial charge >= 0.3 is 0 Å². The maximum Gasteiger partial charge on any atom is 0.240 e. The van der Waals surface area contributed by atoms with E-state index in [1.165, 1.54) is 11.8 Å². The lowest BCUT2D eigenvalue weighted by Gasteiger charge is -2.33. The summed E-state index contributed by atoms with van der Waals surface area (Å²) in [5.74, 6) is 1.32. The number of anilines is 1. The molecular weight excluding hydrogens is 446 g/mol. The lowest BCUT2D eigenvalue weighted by atomic mass is 10.0. The van der Waals surface area contributed by atoms with Crippen LogP contribution in [0.3, 0.4) is 0 Å². The minimum absolute atomic E-state index is 0.0800. The molecule has 0 bridgehead atoms. The van der Waals surface area contributed by atoms with Crippen LogP contribution >= 0.6 is 11.8 Å². The van der Waals surface area contributed by atoms with Crippen LogP contribution in [0.5, 0.6) is 5.75 Å². The van der Waals surface area contributed by atoms with Crippen molar-refractivity contribution in [2.24, 2.45) is 0 Å². The molecule has 34 heavy (non-hydrogen) atoms. The number of rotatable bonds is 7. The minimum atomic E-state index is -0.438. The molecular formula is C26H25N5O2S. The molecule has 3 aromatic carbocycles. The quantitative estimate of drug-likeness (QED) is 0.402. The average molecular weight is 472 g/mol. The van der Waals surface area contributed by atoms with Gasteiger partial charge in [0.25, 0.3) is 0 Å². The van der Waals surface area contributed by atoms with Gasteiger partial charge in [0.2, 0.25) is 11.1 Å². The van der Waals surface area contributed by atoms with Crippen LogP contribution < -0.4 is 15.5 Å². The number of nitrogens with zero attached hydrogens (tertiary/aromatic N) is 3. The van der Waals surface area contributed by atoms with Gasteiger partial charge in [-0.3, -0.25) is 4.79 Å². The van der Waals surface area contributed by atoms with Crippen molar-refractivity contribution in [3.8, 4) is 5.75 Å². The maximum atomic E-state index is 13.5. The minimum Gasteiger partial charge on any atom is -0.486 e. The summed E-state index contributed by atoms with van der Waals surface area (Å²) in [5, 5.41) is 12.0. The first-order valence-corrected chi connectivity index (χ1v) is 12.1. The smallest absolute Gasteiger partial charge is 0.240 e. The zero-order valence-corrected chi connectivity index (χ0v) is 19.5. The molecule has 5 rings (SSSR count). The molecule has 4 aromatic rings. The van der Waals surface area contributed by atoms with Gasteiger partial charge in [-0.1, -0.05) is 85.4 Å². The van der Waals surface area contributed by atoms with Crippen LogP contribution in [0.25, 0.3) is 0 Å². The van der Waals surface area contributed by atoms with Crippen LogP contribution in [0.15, 0.2) is 90.1 Å². The molecule has 1 aliphatic heterocycles. The van der Waals surface area contributed by atoms with Gasteiger partial charge in [0.15, 0.2) is 5.82 Å². The number of hydrogen-bond donors (Lipinski definition) is 2. The number of amides is 1. The van der Waals surface area contributed by atoms with E-state index in [2.05, 4.69) is 27.9 Å². The molecule has 8 heteroatoms. The van der Waals surface area contributed by atoms with Crippen molar-refractivity contribution >= 4 is 23.4 Å². The highest BCUT2D eigenvalue weighted by Crippen LogP contribution is 2.37. The third-order valence-electron chi connectivity index (χ3n) is 5.69. The van der Waals surface area contributed by atoms with E-state index >= 15 is 0 Å². The predicted molar refractivity (Wildman–Crippen MR) is 133 cm³/mol. The van der Waals surface area contributed by atoms with Crippen molar-refractivity contribution in [2.75, 3.05) is 10.7 Å². The van der Waals surface area contributed by atoms with Crippen molar-refractivity contribution < 1.29 is 9.53 Å². The topological polar surface area (TPSA) is 81.1 Å². The summed E-state index contributed by atoms with van der Waals surface area (Å²) in [7, 11) is 0. The highest BCUT2D eigenvalue weighted by atomic mass is 32.2. The number of ether oxygens (including phenoxy) is 1. The molecule has 1 amide bonds. The fourth-order valence-electron chi connectivity index (χ4n) is 3.92. The Labute approximate surface area is 202 Å². The molecule has 0 spiro atoms. The fourth-order valence-corrected chi connectivity index (χ4v) is 5.02. The van der Waals surface area contributed by atoms with Crippen molar-refractivity contribution in [3.05, 3.63) is 102 Å². The van der Waals surface area contributed by atoms with Crippen LogP contribution in [0.4, 0.5) is 5.69 Å². The summed E-state index contributed by atoms with van der Waals surface area (Å²) in [5.41, 5.74) is 6.42. The monoisotopic (exact) mass is 471 g/mol. The van der Waals surface area contributed by atoms with Gasteiger partial charge in [-0.25, -0.2) is 4.68 Å². The summed E-state index contributed by atoms with van der Waals surface area (Å²) in [6, 6.07) is 27.2. The molecule has 0 unspecified atom stereocenters. The fraction of sp³-hybridized carbons (Fsp3) is 0.192. The Hall–Kier alpha value is -3.78. The van der Waals surface area contributed by atoms with Gasteiger partial charge in [-0.05, 0) is 35.7 Å². The summed E-state index contributed by atoms with van der Waals surface area (Å²) < 4.78 is 7.71. The largest absolute Gasteiger partial charge is 0.486 e. The number of fused-ring (bicyclic) bond motifs is 1. The Morgan fingerprint density at radius 3 is 2.47 bits per heavy atom. The Bertz CT molecular complexity index is 1260. The average Bonchev–Trinajstić information content (AvgIpc) is 3.30. The summed E-state index contributed by atoms with van der Waals surface area (Å²) in [6.45, 7) is 2.34. The number of carbonyl (C=O) groups excluding carboxylic acids is 1. The second-order valence-corrected chi connectivity index (χ2v) is 9.00. The van der Waals surface area contributed by atoms with Crippen molar-refractivity contribution in [1.82, 2.24) is 14.9 Å². The van der Waals surface area contributed by atoms with Crippen LogP contribution in [-0.4, -0.2) is 26.0 Å². The lowest BCUT2D eigenvalue weighted by molar-refractivity contribution is -0.116. The summed E-state index contributed by atoms with van der Waals surface area (Å²) in [6.07, 6.45) is 0.841. The zero-order valence-electron chi connectivity index (χ0n) is 18.7. The first kappa shape index (κ1) is 22.0. The van der Waals surface area contributed by atoms with E-state index in [1.807, 2.05) is 89.6 Å². The van der Waals surface area contributed by atoms with Crippen molar-refractivity contribution in [1.29, 1.82) is 0 Å². The van der Waals surface area contributed by atoms with Gasteiger partial charge in [0, 0.05) is 5.69 Å². The van der Waals surface area contributed by atoms with Crippen molar-refractivity contribution in [3.63, 3.8) is 0 Å².